The average Bonchev–Trinajstić information content (AvgIpc) is 2.90. The topological polar surface area (TPSA) is 67.2 Å². The fourth-order valence-electron chi connectivity index (χ4n) is 3.22. The molecular formula is C17H24N4O2S. The highest BCUT2D eigenvalue weighted by atomic mass is 32.2. The third-order valence-electron chi connectivity index (χ3n) is 4.45. The molecular weight excluding hydrogens is 324 g/mol. The predicted octanol–water partition coefficient (Wildman–Crippen LogP) is 2.28. The van der Waals surface area contributed by atoms with Gasteiger partial charge in [-0.15, -0.1) is 0 Å². The summed E-state index contributed by atoms with van der Waals surface area (Å²) >= 11 is 0. The van der Waals surface area contributed by atoms with Crippen molar-refractivity contribution >= 4 is 10.2 Å². The number of para-hydroxylation sites is 1. The zero-order valence-corrected chi connectivity index (χ0v) is 15.3. The van der Waals surface area contributed by atoms with E-state index in [1.165, 1.54) is 18.4 Å². The largest absolute Gasteiger partial charge is 0.279 e. The molecule has 0 saturated heterocycles. The molecule has 0 spiro atoms. The number of nitrogens with one attached hydrogen (secondary N) is 1. The Hall–Kier alpha value is -1.70. The number of aromatic nitrogens is 2. The summed E-state index contributed by atoms with van der Waals surface area (Å²) in [6.45, 7) is 4.32. The minimum atomic E-state index is -3.50. The Balaban J connectivity index is 2.04. The van der Waals surface area contributed by atoms with Gasteiger partial charge >= 0.3 is 0 Å². The van der Waals surface area contributed by atoms with E-state index >= 15 is 0 Å². The highest BCUT2D eigenvalue weighted by Gasteiger charge is 2.37. The SMILES string of the molecule is CN(C)S(=O)(=O)N[C@H]1CC(C)(C)Cc2c1cnn2-c1ccccc1. The number of nitrogens with zero attached hydrogens (tertiary/aromatic N) is 3. The van der Waals surface area contributed by atoms with Crippen molar-refractivity contribution < 1.29 is 8.42 Å². The van der Waals surface area contributed by atoms with E-state index in [4.69, 9.17) is 0 Å². The first kappa shape index (κ1) is 17.1. The molecule has 0 unspecified atom stereocenters. The fourth-order valence-corrected chi connectivity index (χ4v) is 4.01. The molecule has 2 aromatic rings. The summed E-state index contributed by atoms with van der Waals surface area (Å²) in [5.74, 6) is 0. The normalized spacial score (nSPS) is 20.1. The third kappa shape index (κ3) is 3.24. The van der Waals surface area contributed by atoms with E-state index in [9.17, 15) is 8.42 Å². The van der Waals surface area contributed by atoms with Crippen LogP contribution in [0.4, 0.5) is 0 Å². The van der Waals surface area contributed by atoms with Gasteiger partial charge in [-0.3, -0.25) is 0 Å². The molecule has 1 aliphatic carbocycles. The summed E-state index contributed by atoms with van der Waals surface area (Å²) in [7, 11) is -0.435. The van der Waals surface area contributed by atoms with E-state index in [1.807, 2.05) is 35.0 Å². The Morgan fingerprint density at radius 3 is 2.54 bits per heavy atom. The molecule has 7 heteroatoms. The van der Waals surface area contributed by atoms with Crippen LogP contribution in [-0.4, -0.2) is 36.6 Å². The molecule has 1 N–H and O–H groups in total. The predicted molar refractivity (Wildman–Crippen MR) is 94.1 cm³/mol. The maximum absolute atomic E-state index is 12.3. The van der Waals surface area contributed by atoms with Crippen LogP contribution in [0.3, 0.4) is 0 Å². The van der Waals surface area contributed by atoms with E-state index < -0.39 is 10.2 Å². The van der Waals surface area contributed by atoms with Gasteiger partial charge in [0.25, 0.3) is 10.2 Å². The Morgan fingerprint density at radius 1 is 1.25 bits per heavy atom. The Morgan fingerprint density at radius 2 is 1.92 bits per heavy atom. The number of rotatable bonds is 4. The maximum atomic E-state index is 12.3. The van der Waals surface area contributed by atoms with E-state index in [2.05, 4.69) is 23.7 Å². The van der Waals surface area contributed by atoms with Crippen molar-refractivity contribution in [1.29, 1.82) is 0 Å². The Bertz CT molecular complexity index is 826. The maximum Gasteiger partial charge on any atom is 0.279 e. The van der Waals surface area contributed by atoms with Crippen molar-refractivity contribution in [3.05, 3.63) is 47.8 Å². The average molecular weight is 348 g/mol. The van der Waals surface area contributed by atoms with Gasteiger partial charge in [0, 0.05) is 25.4 Å². The number of benzene rings is 1. The standard InChI is InChI=1S/C17H24N4O2S/c1-17(2)10-15(19-24(22,23)20(3)4)14-12-18-21(16(14)11-17)13-8-6-5-7-9-13/h5-9,12,15,19H,10-11H2,1-4H3/t15-/m0/s1. The second kappa shape index (κ2) is 5.98. The summed E-state index contributed by atoms with van der Waals surface area (Å²) in [6, 6.07) is 9.67. The smallest absolute Gasteiger partial charge is 0.237 e. The van der Waals surface area contributed by atoms with Crippen molar-refractivity contribution in [2.24, 2.45) is 5.41 Å². The number of hydrogen-bond acceptors (Lipinski definition) is 3. The molecule has 0 fully saturated rings. The van der Waals surface area contributed by atoms with Crippen molar-refractivity contribution in [3.63, 3.8) is 0 Å². The van der Waals surface area contributed by atoms with Crippen LogP contribution < -0.4 is 4.72 Å². The molecule has 24 heavy (non-hydrogen) atoms. The first-order chi connectivity index (χ1) is 11.2. The first-order valence-electron chi connectivity index (χ1n) is 8.02. The molecule has 1 aromatic heterocycles. The van der Waals surface area contributed by atoms with Crippen molar-refractivity contribution in [2.75, 3.05) is 14.1 Å². The van der Waals surface area contributed by atoms with E-state index in [1.54, 1.807) is 6.20 Å². The van der Waals surface area contributed by atoms with Crippen molar-refractivity contribution in [3.8, 4) is 5.69 Å². The third-order valence-corrected chi connectivity index (χ3v) is 6.00. The summed E-state index contributed by atoms with van der Waals surface area (Å²) < 4.78 is 30.5. The van der Waals surface area contributed by atoms with Crippen LogP contribution in [0.5, 0.6) is 0 Å². The molecule has 1 heterocycles. The van der Waals surface area contributed by atoms with Gasteiger partial charge < -0.3 is 0 Å². The first-order valence-corrected chi connectivity index (χ1v) is 9.46. The van der Waals surface area contributed by atoms with Crippen LogP contribution in [0.2, 0.25) is 0 Å². The lowest BCUT2D eigenvalue weighted by atomic mass is 9.74. The summed E-state index contributed by atoms with van der Waals surface area (Å²) in [4.78, 5) is 0. The van der Waals surface area contributed by atoms with E-state index in [0.717, 1.165) is 29.8 Å². The van der Waals surface area contributed by atoms with Gasteiger partial charge in [0.1, 0.15) is 0 Å². The molecule has 1 atom stereocenters. The molecule has 0 saturated carbocycles. The van der Waals surface area contributed by atoms with Gasteiger partial charge in [-0.2, -0.15) is 22.5 Å². The van der Waals surface area contributed by atoms with E-state index in [0.29, 0.717) is 0 Å². The summed E-state index contributed by atoms with van der Waals surface area (Å²) in [5.41, 5.74) is 3.01. The van der Waals surface area contributed by atoms with Gasteiger partial charge in [-0.1, -0.05) is 32.0 Å². The second-order valence-corrected chi connectivity index (χ2v) is 9.21. The fraction of sp³-hybridized carbons (Fsp3) is 0.471. The molecule has 6 nitrogen and oxygen atoms in total. The van der Waals surface area contributed by atoms with Crippen LogP contribution in [0.25, 0.3) is 5.69 Å². The molecule has 0 radical (unpaired) electrons. The van der Waals surface area contributed by atoms with Gasteiger partial charge in [-0.25, -0.2) is 4.68 Å². The van der Waals surface area contributed by atoms with Crippen molar-refractivity contribution in [1.82, 2.24) is 18.8 Å². The molecule has 0 amide bonds. The molecule has 130 valence electrons. The lowest BCUT2D eigenvalue weighted by Crippen LogP contribution is -2.41. The number of hydrogen-bond donors (Lipinski definition) is 1. The van der Waals surface area contributed by atoms with E-state index in [-0.39, 0.29) is 11.5 Å². The molecule has 0 bridgehead atoms. The summed E-state index contributed by atoms with van der Waals surface area (Å²) in [5, 5.41) is 4.53. The molecule has 0 aliphatic heterocycles. The van der Waals surface area contributed by atoms with Crippen LogP contribution in [0.1, 0.15) is 37.6 Å². The Labute approximate surface area is 143 Å². The monoisotopic (exact) mass is 348 g/mol. The zero-order valence-electron chi connectivity index (χ0n) is 14.5. The molecule has 3 rings (SSSR count). The highest BCUT2D eigenvalue weighted by molar-refractivity contribution is 7.87. The lowest BCUT2D eigenvalue weighted by Gasteiger charge is -2.36. The van der Waals surface area contributed by atoms with Crippen molar-refractivity contribution in [2.45, 2.75) is 32.7 Å². The minimum Gasteiger partial charge on any atom is -0.237 e. The lowest BCUT2D eigenvalue weighted by molar-refractivity contribution is 0.267. The van der Waals surface area contributed by atoms with Crippen LogP contribution in [0.15, 0.2) is 36.5 Å². The van der Waals surface area contributed by atoms with Gasteiger partial charge in [-0.05, 0) is 30.4 Å². The zero-order chi connectivity index (χ0) is 17.5. The van der Waals surface area contributed by atoms with Gasteiger partial charge in [0.2, 0.25) is 0 Å². The quantitative estimate of drug-likeness (QED) is 0.922. The van der Waals surface area contributed by atoms with Gasteiger partial charge in [0.05, 0.1) is 17.9 Å². The second-order valence-electron chi connectivity index (χ2n) is 7.30. The van der Waals surface area contributed by atoms with Crippen LogP contribution >= 0.6 is 0 Å². The summed E-state index contributed by atoms with van der Waals surface area (Å²) in [6.07, 6.45) is 3.39. The van der Waals surface area contributed by atoms with Gasteiger partial charge in [0.15, 0.2) is 0 Å². The Kier molecular flexibility index (Phi) is 4.27. The molecule has 1 aromatic carbocycles. The minimum absolute atomic E-state index is 0.0148. The van der Waals surface area contributed by atoms with Crippen LogP contribution in [0, 0.1) is 5.41 Å². The highest BCUT2D eigenvalue weighted by Crippen LogP contribution is 2.41. The van der Waals surface area contributed by atoms with Crippen LogP contribution in [-0.2, 0) is 16.6 Å². The number of fused-ring (bicyclic) bond motifs is 1. The molecule has 1 aliphatic rings.